The van der Waals surface area contributed by atoms with Crippen molar-refractivity contribution in [1.29, 1.82) is 0 Å². The van der Waals surface area contributed by atoms with Gasteiger partial charge in [-0.15, -0.1) is 0 Å². The number of esters is 1. The van der Waals surface area contributed by atoms with Gasteiger partial charge in [0, 0.05) is 45.9 Å². The molecule has 2 aliphatic rings. The number of carboxylic acid groups (broad SMARTS) is 1. The lowest BCUT2D eigenvalue weighted by Gasteiger charge is -2.37. The molecule has 4 rings (SSSR count). The highest BCUT2D eigenvalue weighted by Crippen LogP contribution is 2.30. The van der Waals surface area contributed by atoms with Crippen molar-refractivity contribution in [1.82, 2.24) is 15.1 Å². The number of ether oxygens (including phenoxy) is 1. The number of hydrogen-bond donors (Lipinski definition) is 3. The largest absolute Gasteiger partial charge is 0.481 e. The van der Waals surface area contributed by atoms with E-state index in [1.165, 1.54) is 24.0 Å². The fourth-order valence-electron chi connectivity index (χ4n) is 5.55. The summed E-state index contributed by atoms with van der Waals surface area (Å²) in [7, 11) is 0. The zero-order valence-corrected chi connectivity index (χ0v) is 26.2. The smallest absolute Gasteiger partial charge is 0.303 e. The minimum Gasteiger partial charge on any atom is -0.481 e. The summed E-state index contributed by atoms with van der Waals surface area (Å²) in [5, 5.41) is 14.0. The molecule has 45 heavy (non-hydrogen) atoms. The summed E-state index contributed by atoms with van der Waals surface area (Å²) in [4.78, 5) is 66.3. The lowest BCUT2D eigenvalue weighted by molar-refractivity contribution is -0.148. The highest BCUT2D eigenvalue weighted by Gasteiger charge is 2.36. The molecule has 0 saturated carbocycles. The lowest BCUT2D eigenvalue weighted by Crippen LogP contribution is -2.56. The fraction of sp³-hybridized carbons (Fsp3) is 0.452. The van der Waals surface area contributed by atoms with Gasteiger partial charge in [-0.25, -0.2) is 4.39 Å². The standard InChI is InChI=1S/C31H35Cl2FN4O7/c1-18(39)45-21-10-13-37(14-11-21)15-12-24(30(43)35-23-7-6-22(32)28(33)29(23)34)36-31(44)25-16-19-4-2-3-5-20(19)17-38(25)26(40)8-9-27(41)42/h2-7,21,24-25H,8-17H2,1H3,(H,35,43)(H,36,44)(H,41,42)/t24-,25-/m0/s1. The Morgan fingerprint density at radius 2 is 1.73 bits per heavy atom. The average Bonchev–Trinajstić information content (AvgIpc) is 3.01. The highest BCUT2D eigenvalue weighted by molar-refractivity contribution is 6.42. The van der Waals surface area contributed by atoms with E-state index in [1.54, 1.807) is 0 Å². The minimum atomic E-state index is -1.13. The predicted octanol–water partition coefficient (Wildman–Crippen LogP) is 3.79. The number of rotatable bonds is 11. The number of amides is 3. The Morgan fingerprint density at radius 3 is 2.40 bits per heavy atom. The Morgan fingerprint density at radius 1 is 1.04 bits per heavy atom. The Bertz CT molecular complexity index is 1450. The summed E-state index contributed by atoms with van der Waals surface area (Å²) in [6, 6.07) is 7.80. The first-order valence-corrected chi connectivity index (χ1v) is 15.4. The number of likely N-dealkylation sites (tertiary alicyclic amines) is 1. The van der Waals surface area contributed by atoms with Crippen molar-refractivity contribution in [3.8, 4) is 0 Å². The third-order valence-electron chi connectivity index (χ3n) is 7.95. The average molecular weight is 666 g/mol. The van der Waals surface area contributed by atoms with Crippen molar-refractivity contribution in [2.24, 2.45) is 0 Å². The van der Waals surface area contributed by atoms with E-state index in [-0.39, 0.29) is 60.0 Å². The molecule has 2 heterocycles. The van der Waals surface area contributed by atoms with E-state index in [9.17, 15) is 28.4 Å². The maximum absolute atomic E-state index is 14.8. The molecule has 2 aromatic rings. The number of hydrogen-bond acceptors (Lipinski definition) is 7. The van der Waals surface area contributed by atoms with Gasteiger partial charge in [0.05, 0.1) is 22.2 Å². The molecule has 3 amide bonds. The van der Waals surface area contributed by atoms with Gasteiger partial charge in [-0.2, -0.15) is 0 Å². The summed E-state index contributed by atoms with van der Waals surface area (Å²) in [5.74, 6) is -4.20. The van der Waals surface area contributed by atoms with Crippen LogP contribution in [-0.4, -0.2) is 82.4 Å². The summed E-state index contributed by atoms with van der Waals surface area (Å²) < 4.78 is 20.1. The van der Waals surface area contributed by atoms with Gasteiger partial charge in [-0.1, -0.05) is 47.5 Å². The van der Waals surface area contributed by atoms with Crippen LogP contribution in [-0.2, 0) is 41.7 Å². The first kappa shape index (κ1) is 34.1. The number of fused-ring (bicyclic) bond motifs is 1. The molecule has 0 radical (unpaired) electrons. The van der Waals surface area contributed by atoms with Gasteiger partial charge >= 0.3 is 11.9 Å². The van der Waals surface area contributed by atoms with E-state index in [0.717, 1.165) is 11.1 Å². The van der Waals surface area contributed by atoms with Gasteiger partial charge < -0.3 is 30.3 Å². The van der Waals surface area contributed by atoms with Crippen LogP contribution in [0.3, 0.4) is 0 Å². The van der Waals surface area contributed by atoms with E-state index in [1.807, 2.05) is 24.3 Å². The third kappa shape index (κ3) is 9.15. The summed E-state index contributed by atoms with van der Waals surface area (Å²) in [5.41, 5.74) is 1.48. The minimum absolute atomic E-state index is 0.0283. The van der Waals surface area contributed by atoms with Gasteiger partial charge in [-0.05, 0) is 42.5 Å². The number of aliphatic carboxylic acids is 1. The zero-order chi connectivity index (χ0) is 32.7. The number of carboxylic acids is 1. The van der Waals surface area contributed by atoms with Crippen molar-refractivity contribution in [3.63, 3.8) is 0 Å². The molecule has 3 N–H and O–H groups in total. The highest BCUT2D eigenvalue weighted by atomic mass is 35.5. The van der Waals surface area contributed by atoms with Crippen LogP contribution in [0, 0.1) is 5.82 Å². The summed E-state index contributed by atoms with van der Waals surface area (Å²) >= 11 is 11.8. The van der Waals surface area contributed by atoms with Gasteiger partial charge in [0.2, 0.25) is 17.7 Å². The molecular formula is C31H35Cl2FN4O7. The Balaban J connectivity index is 1.52. The maximum Gasteiger partial charge on any atom is 0.303 e. The zero-order valence-electron chi connectivity index (χ0n) is 24.7. The molecule has 2 aromatic carbocycles. The molecule has 0 aromatic heterocycles. The number of nitrogens with one attached hydrogen (secondary N) is 2. The second-order valence-electron chi connectivity index (χ2n) is 11.1. The van der Waals surface area contributed by atoms with Crippen LogP contribution in [0.1, 0.15) is 50.2 Å². The number of benzene rings is 2. The molecule has 14 heteroatoms. The van der Waals surface area contributed by atoms with Crippen LogP contribution < -0.4 is 10.6 Å². The summed E-state index contributed by atoms with van der Waals surface area (Å²) in [6.45, 7) is 3.07. The number of carbonyl (C=O) groups excluding carboxylic acids is 4. The fourth-order valence-corrected chi connectivity index (χ4v) is 5.86. The molecule has 242 valence electrons. The molecule has 0 spiro atoms. The van der Waals surface area contributed by atoms with Crippen molar-refractivity contribution >= 4 is 58.5 Å². The Kier molecular flexibility index (Phi) is 11.8. The van der Waals surface area contributed by atoms with E-state index >= 15 is 0 Å². The molecule has 11 nitrogen and oxygen atoms in total. The quantitative estimate of drug-likeness (QED) is 0.243. The monoisotopic (exact) mass is 664 g/mol. The van der Waals surface area contributed by atoms with E-state index in [0.29, 0.717) is 32.5 Å². The first-order chi connectivity index (χ1) is 21.4. The van der Waals surface area contributed by atoms with E-state index in [4.69, 9.17) is 33.0 Å². The first-order valence-electron chi connectivity index (χ1n) is 14.6. The predicted molar refractivity (Wildman–Crippen MR) is 164 cm³/mol. The van der Waals surface area contributed by atoms with Crippen LogP contribution in [0.4, 0.5) is 10.1 Å². The number of halogens is 3. The van der Waals surface area contributed by atoms with Crippen molar-refractivity contribution in [2.45, 2.75) is 70.2 Å². The van der Waals surface area contributed by atoms with Crippen molar-refractivity contribution < 1.29 is 38.2 Å². The van der Waals surface area contributed by atoms with Crippen molar-refractivity contribution in [3.05, 3.63) is 63.4 Å². The van der Waals surface area contributed by atoms with Crippen LogP contribution in [0.25, 0.3) is 0 Å². The van der Waals surface area contributed by atoms with Crippen molar-refractivity contribution in [2.75, 3.05) is 25.0 Å². The Labute approximate surface area is 270 Å². The second kappa shape index (κ2) is 15.5. The SMILES string of the molecule is CC(=O)OC1CCN(CC[C@H](NC(=O)[C@@H]2Cc3ccccc3CN2C(=O)CCC(=O)O)C(=O)Nc2ccc(Cl)c(Cl)c2F)CC1. The third-order valence-corrected chi connectivity index (χ3v) is 8.73. The molecule has 1 fully saturated rings. The van der Waals surface area contributed by atoms with Crippen LogP contribution >= 0.6 is 23.2 Å². The van der Waals surface area contributed by atoms with Gasteiger partial charge in [-0.3, -0.25) is 24.0 Å². The molecule has 2 aliphatic heterocycles. The van der Waals surface area contributed by atoms with Crippen LogP contribution in [0.15, 0.2) is 36.4 Å². The number of piperidine rings is 1. The molecule has 0 unspecified atom stereocenters. The Hall–Kier alpha value is -3.74. The maximum atomic E-state index is 14.8. The number of anilines is 1. The molecule has 0 bridgehead atoms. The number of nitrogens with zero attached hydrogens (tertiary/aromatic N) is 2. The van der Waals surface area contributed by atoms with Gasteiger partial charge in [0.1, 0.15) is 18.2 Å². The van der Waals surface area contributed by atoms with Crippen LogP contribution in [0.2, 0.25) is 10.0 Å². The van der Waals surface area contributed by atoms with E-state index in [2.05, 4.69) is 15.5 Å². The van der Waals surface area contributed by atoms with Crippen LogP contribution in [0.5, 0.6) is 0 Å². The van der Waals surface area contributed by atoms with E-state index < -0.39 is 41.6 Å². The normalized spacial score (nSPS) is 17.6. The molecule has 0 aliphatic carbocycles. The summed E-state index contributed by atoms with van der Waals surface area (Å²) in [6.07, 6.45) is 0.687. The molecule has 2 atom stereocenters. The second-order valence-corrected chi connectivity index (χ2v) is 11.9. The van der Waals surface area contributed by atoms with Gasteiger partial charge in [0.15, 0.2) is 5.82 Å². The topological polar surface area (TPSA) is 145 Å². The molecule has 1 saturated heterocycles. The molecular weight excluding hydrogens is 630 g/mol. The van der Waals surface area contributed by atoms with Gasteiger partial charge in [0.25, 0.3) is 0 Å². The lowest BCUT2D eigenvalue weighted by atomic mass is 9.92. The number of carbonyl (C=O) groups is 5.